The molecule has 2 amide bonds. The molecule has 0 unspecified atom stereocenters. The summed E-state index contributed by atoms with van der Waals surface area (Å²) in [5.41, 5.74) is 2.21. The predicted molar refractivity (Wildman–Crippen MR) is 121 cm³/mol. The standard InChI is InChI=1S/C25H33N3O3/c29-24(27-20-7-3-1-2-4-8-20)11-12-25(30)28-23-17-31-16-19(23)15-18-13-14-26-22-10-6-5-9-21(18)22/h5-6,9-10,13-14,19-20,23H,1-4,7-8,11-12,15-17H2,(H,27,29)(H,28,30)/t19-,23+/m1/s1. The summed E-state index contributed by atoms with van der Waals surface area (Å²) >= 11 is 0. The highest BCUT2D eigenvalue weighted by Gasteiger charge is 2.30. The highest BCUT2D eigenvalue weighted by atomic mass is 16.5. The first-order valence-corrected chi connectivity index (χ1v) is 11.7. The molecule has 0 bridgehead atoms. The van der Waals surface area contributed by atoms with Crippen molar-refractivity contribution in [2.45, 2.75) is 69.9 Å². The third-order valence-electron chi connectivity index (χ3n) is 6.57. The summed E-state index contributed by atoms with van der Waals surface area (Å²) in [6, 6.07) is 10.4. The zero-order valence-corrected chi connectivity index (χ0v) is 18.1. The van der Waals surface area contributed by atoms with Gasteiger partial charge in [-0.15, -0.1) is 0 Å². The van der Waals surface area contributed by atoms with Crippen molar-refractivity contribution in [3.05, 3.63) is 42.1 Å². The molecule has 1 saturated carbocycles. The molecule has 1 aromatic carbocycles. The van der Waals surface area contributed by atoms with Crippen molar-refractivity contribution in [1.29, 1.82) is 0 Å². The lowest BCUT2D eigenvalue weighted by atomic mass is 9.93. The number of hydrogen-bond donors (Lipinski definition) is 2. The van der Waals surface area contributed by atoms with Crippen LogP contribution in [0.2, 0.25) is 0 Å². The molecule has 166 valence electrons. The maximum Gasteiger partial charge on any atom is 0.220 e. The molecule has 1 aliphatic heterocycles. The Morgan fingerprint density at radius 1 is 0.935 bits per heavy atom. The van der Waals surface area contributed by atoms with E-state index in [0.29, 0.717) is 13.2 Å². The molecule has 2 N–H and O–H groups in total. The molecule has 1 aliphatic carbocycles. The van der Waals surface area contributed by atoms with Crippen molar-refractivity contribution < 1.29 is 14.3 Å². The van der Waals surface area contributed by atoms with Crippen LogP contribution in [0.4, 0.5) is 0 Å². The quantitative estimate of drug-likeness (QED) is 0.668. The van der Waals surface area contributed by atoms with E-state index < -0.39 is 0 Å². The van der Waals surface area contributed by atoms with Gasteiger partial charge in [-0.3, -0.25) is 14.6 Å². The summed E-state index contributed by atoms with van der Waals surface area (Å²) < 4.78 is 5.68. The monoisotopic (exact) mass is 423 g/mol. The number of pyridine rings is 1. The predicted octanol–water partition coefficient (Wildman–Crippen LogP) is 3.53. The van der Waals surface area contributed by atoms with Crippen LogP contribution < -0.4 is 10.6 Å². The number of carbonyl (C=O) groups excluding carboxylic acids is 2. The summed E-state index contributed by atoms with van der Waals surface area (Å²) in [4.78, 5) is 29.2. The number of aromatic nitrogens is 1. The van der Waals surface area contributed by atoms with E-state index in [9.17, 15) is 9.59 Å². The summed E-state index contributed by atoms with van der Waals surface area (Å²) in [6.45, 7) is 1.15. The van der Waals surface area contributed by atoms with Crippen molar-refractivity contribution in [3.8, 4) is 0 Å². The number of carbonyl (C=O) groups is 2. The van der Waals surface area contributed by atoms with Crippen molar-refractivity contribution >= 4 is 22.7 Å². The van der Waals surface area contributed by atoms with Crippen LogP contribution in [0, 0.1) is 5.92 Å². The molecule has 2 aromatic rings. The Morgan fingerprint density at radius 2 is 1.68 bits per heavy atom. The number of ether oxygens (including phenoxy) is 1. The molecule has 4 rings (SSSR count). The second-order valence-corrected chi connectivity index (χ2v) is 8.92. The van der Waals surface area contributed by atoms with Gasteiger partial charge in [-0.1, -0.05) is 43.9 Å². The lowest BCUT2D eigenvalue weighted by Gasteiger charge is -2.20. The highest BCUT2D eigenvalue weighted by Crippen LogP contribution is 2.24. The first-order chi connectivity index (χ1) is 15.2. The van der Waals surface area contributed by atoms with E-state index in [1.54, 1.807) is 0 Å². The van der Waals surface area contributed by atoms with Crippen LogP contribution in [-0.2, 0) is 20.7 Å². The van der Waals surface area contributed by atoms with E-state index in [1.807, 2.05) is 24.4 Å². The zero-order chi connectivity index (χ0) is 21.5. The van der Waals surface area contributed by atoms with E-state index in [2.05, 4.69) is 27.8 Å². The van der Waals surface area contributed by atoms with Gasteiger partial charge in [0.25, 0.3) is 0 Å². The summed E-state index contributed by atoms with van der Waals surface area (Å²) in [7, 11) is 0. The Morgan fingerprint density at radius 3 is 2.48 bits per heavy atom. The Bertz CT molecular complexity index is 887. The fourth-order valence-electron chi connectivity index (χ4n) is 4.80. The molecule has 1 saturated heterocycles. The fraction of sp³-hybridized carbons (Fsp3) is 0.560. The first-order valence-electron chi connectivity index (χ1n) is 11.7. The molecule has 1 aromatic heterocycles. The van der Waals surface area contributed by atoms with Gasteiger partial charge in [0, 0.05) is 36.4 Å². The maximum atomic E-state index is 12.5. The smallest absolute Gasteiger partial charge is 0.220 e. The third-order valence-corrected chi connectivity index (χ3v) is 6.57. The second kappa shape index (κ2) is 10.7. The van der Waals surface area contributed by atoms with Gasteiger partial charge < -0.3 is 15.4 Å². The first kappa shape index (κ1) is 21.8. The molecule has 2 heterocycles. The average Bonchev–Trinajstić information content (AvgIpc) is 3.04. The van der Waals surface area contributed by atoms with Crippen LogP contribution in [0.5, 0.6) is 0 Å². The van der Waals surface area contributed by atoms with Crippen molar-refractivity contribution in [2.24, 2.45) is 5.92 Å². The summed E-state index contributed by atoms with van der Waals surface area (Å²) in [5.74, 6) is 0.134. The Labute approximate surface area is 184 Å². The summed E-state index contributed by atoms with van der Waals surface area (Å²) in [6.07, 6.45) is 10.1. The molecular weight excluding hydrogens is 390 g/mol. The van der Waals surface area contributed by atoms with Crippen LogP contribution in [0.15, 0.2) is 36.5 Å². The number of nitrogens with zero attached hydrogens (tertiary/aromatic N) is 1. The number of benzene rings is 1. The average molecular weight is 424 g/mol. The molecule has 2 fully saturated rings. The molecular formula is C25H33N3O3. The van der Waals surface area contributed by atoms with Crippen LogP contribution in [-0.4, -0.2) is 42.1 Å². The lowest BCUT2D eigenvalue weighted by Crippen LogP contribution is -2.41. The fourth-order valence-corrected chi connectivity index (χ4v) is 4.80. The van der Waals surface area contributed by atoms with Gasteiger partial charge in [0.05, 0.1) is 24.8 Å². The van der Waals surface area contributed by atoms with Crippen molar-refractivity contribution in [2.75, 3.05) is 13.2 Å². The molecule has 6 heteroatoms. The Hall–Kier alpha value is -2.47. The number of para-hydroxylation sites is 1. The van der Waals surface area contributed by atoms with Gasteiger partial charge in [0.1, 0.15) is 0 Å². The number of amides is 2. The molecule has 2 atom stereocenters. The number of nitrogens with one attached hydrogen (secondary N) is 2. The molecule has 2 aliphatic rings. The molecule has 0 spiro atoms. The SMILES string of the molecule is O=C(CCC(=O)N[C@H]1COC[C@H]1Cc1ccnc2ccccc12)NC1CCCCCC1. The van der Waals surface area contributed by atoms with E-state index >= 15 is 0 Å². The van der Waals surface area contributed by atoms with Crippen LogP contribution in [0.1, 0.15) is 56.9 Å². The van der Waals surface area contributed by atoms with Crippen molar-refractivity contribution in [3.63, 3.8) is 0 Å². The van der Waals surface area contributed by atoms with Gasteiger partial charge >= 0.3 is 0 Å². The minimum Gasteiger partial charge on any atom is -0.379 e. The van der Waals surface area contributed by atoms with Gasteiger partial charge in [0.2, 0.25) is 11.8 Å². The minimum atomic E-state index is -0.0731. The topological polar surface area (TPSA) is 80.3 Å². The molecule has 0 radical (unpaired) electrons. The number of hydrogen-bond acceptors (Lipinski definition) is 4. The number of rotatable bonds is 7. The Balaban J connectivity index is 1.26. The second-order valence-electron chi connectivity index (χ2n) is 8.92. The van der Waals surface area contributed by atoms with Crippen LogP contribution in [0.3, 0.4) is 0 Å². The van der Waals surface area contributed by atoms with Crippen LogP contribution in [0.25, 0.3) is 10.9 Å². The largest absolute Gasteiger partial charge is 0.379 e. The van der Waals surface area contributed by atoms with Gasteiger partial charge in [-0.25, -0.2) is 0 Å². The van der Waals surface area contributed by atoms with Gasteiger partial charge in [0.15, 0.2) is 0 Å². The van der Waals surface area contributed by atoms with E-state index in [-0.39, 0.29) is 42.7 Å². The lowest BCUT2D eigenvalue weighted by molar-refractivity contribution is -0.127. The van der Waals surface area contributed by atoms with Crippen molar-refractivity contribution in [1.82, 2.24) is 15.6 Å². The minimum absolute atomic E-state index is 0.00970. The normalized spacial score (nSPS) is 22.2. The van der Waals surface area contributed by atoms with E-state index in [0.717, 1.165) is 30.2 Å². The van der Waals surface area contributed by atoms with Gasteiger partial charge in [-0.2, -0.15) is 0 Å². The van der Waals surface area contributed by atoms with E-state index in [1.165, 1.54) is 31.2 Å². The summed E-state index contributed by atoms with van der Waals surface area (Å²) in [5, 5.41) is 7.37. The van der Waals surface area contributed by atoms with E-state index in [4.69, 9.17) is 4.74 Å². The number of fused-ring (bicyclic) bond motifs is 1. The zero-order valence-electron chi connectivity index (χ0n) is 18.1. The van der Waals surface area contributed by atoms with Gasteiger partial charge in [-0.05, 0) is 37.0 Å². The maximum absolute atomic E-state index is 12.5. The molecule has 31 heavy (non-hydrogen) atoms. The highest BCUT2D eigenvalue weighted by molar-refractivity contribution is 5.84. The molecule has 6 nitrogen and oxygen atoms in total. The third kappa shape index (κ3) is 6.03. The van der Waals surface area contributed by atoms with Crippen LogP contribution >= 0.6 is 0 Å². The Kier molecular flexibility index (Phi) is 7.52.